The van der Waals surface area contributed by atoms with Crippen LogP contribution in [-0.4, -0.2) is 0 Å². The highest BCUT2D eigenvalue weighted by atomic mass is 32.1. The maximum absolute atomic E-state index is 2.32. The van der Waals surface area contributed by atoms with Crippen LogP contribution >= 0.6 is 22.7 Å². The fourth-order valence-electron chi connectivity index (χ4n) is 4.27. The molecule has 0 fully saturated rings. The molecule has 0 saturated heterocycles. The molecule has 6 aromatic rings. The van der Waals surface area contributed by atoms with E-state index in [1.165, 1.54) is 52.2 Å². The van der Waals surface area contributed by atoms with Gasteiger partial charge in [0.25, 0.3) is 0 Å². The Morgan fingerprint density at radius 1 is 0.412 bits per heavy atom. The Balaban J connectivity index is 1.51. The molecule has 160 valence electrons. The number of benzene rings is 4. The summed E-state index contributed by atoms with van der Waals surface area (Å²) < 4.78 is 2.60. The van der Waals surface area contributed by atoms with Crippen LogP contribution in [0.15, 0.2) is 121 Å². The SMILES string of the molecule is C(=C\c1cc(-c2ccccc2)[s+]c2ccccc12)/c1cc(-c2ccccc2)[s+]c2ccccc12. The topological polar surface area (TPSA) is 0 Å². The summed E-state index contributed by atoms with van der Waals surface area (Å²) in [5.41, 5.74) is 4.99. The first-order valence-corrected chi connectivity index (χ1v) is 13.0. The summed E-state index contributed by atoms with van der Waals surface area (Å²) in [5, 5.41) is 2.57. The van der Waals surface area contributed by atoms with Gasteiger partial charge in [-0.3, -0.25) is 0 Å². The Labute approximate surface area is 207 Å². The lowest BCUT2D eigenvalue weighted by molar-refractivity contribution is 1.68. The van der Waals surface area contributed by atoms with E-state index in [-0.39, 0.29) is 0 Å². The maximum Gasteiger partial charge on any atom is 0.239 e. The van der Waals surface area contributed by atoms with Crippen molar-refractivity contribution in [3.63, 3.8) is 0 Å². The Bertz CT molecular complexity index is 1510. The monoisotopic (exact) mass is 470 g/mol. The summed E-state index contributed by atoms with van der Waals surface area (Å²) in [5.74, 6) is 0. The molecule has 6 rings (SSSR count). The Hall–Kier alpha value is -3.72. The molecule has 0 saturated carbocycles. The molecule has 0 unspecified atom stereocenters. The van der Waals surface area contributed by atoms with Crippen LogP contribution in [0, 0.1) is 0 Å². The van der Waals surface area contributed by atoms with E-state index >= 15 is 0 Å². The van der Waals surface area contributed by atoms with Gasteiger partial charge in [0.1, 0.15) is 0 Å². The van der Waals surface area contributed by atoms with Gasteiger partial charge >= 0.3 is 0 Å². The quantitative estimate of drug-likeness (QED) is 0.225. The molecule has 0 spiro atoms. The van der Waals surface area contributed by atoms with Crippen molar-refractivity contribution in [1.29, 1.82) is 0 Å². The van der Waals surface area contributed by atoms with Crippen molar-refractivity contribution in [2.75, 3.05) is 0 Å². The predicted molar refractivity (Wildman–Crippen MR) is 152 cm³/mol. The minimum absolute atomic E-state index is 1.24. The largest absolute Gasteiger partial charge is 0.239 e. The summed E-state index contributed by atoms with van der Waals surface area (Å²) >= 11 is 3.69. The Kier molecular flexibility index (Phi) is 5.68. The Morgan fingerprint density at radius 2 is 0.794 bits per heavy atom. The van der Waals surface area contributed by atoms with Crippen LogP contribution in [0.5, 0.6) is 0 Å². The molecular weight excluding hydrogens is 448 g/mol. The molecule has 2 heterocycles. The lowest BCUT2D eigenvalue weighted by Gasteiger charge is -2.01. The van der Waals surface area contributed by atoms with E-state index in [2.05, 4.69) is 133 Å². The highest BCUT2D eigenvalue weighted by Crippen LogP contribution is 2.36. The van der Waals surface area contributed by atoms with Crippen molar-refractivity contribution in [1.82, 2.24) is 0 Å². The summed E-state index contributed by atoms with van der Waals surface area (Å²) in [7, 11) is 0. The van der Waals surface area contributed by atoms with Crippen LogP contribution < -0.4 is 0 Å². The number of hydrogen-bond donors (Lipinski definition) is 0. The van der Waals surface area contributed by atoms with Gasteiger partial charge in [0.15, 0.2) is 0 Å². The molecule has 0 amide bonds. The van der Waals surface area contributed by atoms with Gasteiger partial charge in [-0.15, -0.1) is 0 Å². The molecule has 0 atom stereocenters. The van der Waals surface area contributed by atoms with Gasteiger partial charge in [-0.05, 0) is 47.5 Å². The maximum atomic E-state index is 2.32. The highest BCUT2D eigenvalue weighted by Gasteiger charge is 2.18. The smallest absolute Gasteiger partial charge is 0.0622 e. The third-order valence-electron chi connectivity index (χ3n) is 5.97. The molecule has 0 bridgehead atoms. The molecule has 0 aliphatic rings. The third-order valence-corrected chi connectivity index (χ3v) is 8.27. The van der Waals surface area contributed by atoms with Crippen molar-refractivity contribution in [2.24, 2.45) is 0 Å². The van der Waals surface area contributed by atoms with E-state index in [4.69, 9.17) is 0 Å². The van der Waals surface area contributed by atoms with Crippen molar-refractivity contribution in [2.45, 2.75) is 0 Å². The molecule has 4 aromatic carbocycles. The third kappa shape index (κ3) is 4.14. The zero-order valence-corrected chi connectivity index (χ0v) is 20.2. The van der Waals surface area contributed by atoms with Crippen molar-refractivity contribution < 1.29 is 0 Å². The van der Waals surface area contributed by atoms with E-state index in [9.17, 15) is 0 Å². The number of fused-ring (bicyclic) bond motifs is 2. The van der Waals surface area contributed by atoms with Gasteiger partial charge < -0.3 is 0 Å². The molecule has 0 nitrogen and oxygen atoms in total. The molecule has 0 aliphatic heterocycles. The molecule has 0 aliphatic carbocycles. The Morgan fingerprint density at radius 3 is 1.24 bits per heavy atom. The zero-order chi connectivity index (χ0) is 22.7. The van der Waals surface area contributed by atoms with E-state index in [1.807, 2.05) is 22.7 Å². The van der Waals surface area contributed by atoms with Gasteiger partial charge in [0.2, 0.25) is 41.8 Å². The number of hydrogen-bond acceptors (Lipinski definition) is 0. The van der Waals surface area contributed by atoms with Crippen molar-refractivity contribution >= 4 is 55.0 Å². The van der Waals surface area contributed by atoms with Crippen LogP contribution in [0.4, 0.5) is 0 Å². The molecule has 0 N–H and O–H groups in total. The number of rotatable bonds is 4. The van der Waals surface area contributed by atoms with Crippen molar-refractivity contribution in [3.8, 4) is 20.9 Å². The van der Waals surface area contributed by atoms with E-state index in [0.29, 0.717) is 0 Å². The van der Waals surface area contributed by atoms with Gasteiger partial charge in [-0.25, -0.2) is 0 Å². The lowest BCUT2D eigenvalue weighted by Crippen LogP contribution is -1.83. The fraction of sp³-hybridized carbons (Fsp3) is 0. The first kappa shape index (κ1) is 20.9. The summed E-state index contributed by atoms with van der Waals surface area (Å²) in [4.78, 5) is 2.56. The summed E-state index contributed by atoms with van der Waals surface area (Å²) in [6.45, 7) is 0. The molecule has 34 heavy (non-hydrogen) atoms. The van der Waals surface area contributed by atoms with Gasteiger partial charge in [-0.2, -0.15) is 0 Å². The molecule has 2 aromatic heterocycles. The zero-order valence-electron chi connectivity index (χ0n) is 18.5. The highest BCUT2D eigenvalue weighted by molar-refractivity contribution is 7.22. The lowest BCUT2D eigenvalue weighted by atomic mass is 10.0. The minimum atomic E-state index is 1.24. The van der Waals surface area contributed by atoms with Gasteiger partial charge in [-0.1, -0.05) is 72.8 Å². The molecule has 2 heteroatoms. The summed E-state index contributed by atoms with van der Waals surface area (Å²) in [6.07, 6.45) is 4.56. The molecule has 0 radical (unpaired) electrons. The normalized spacial score (nSPS) is 11.4. The second-order valence-electron chi connectivity index (χ2n) is 8.19. The van der Waals surface area contributed by atoms with Gasteiger partial charge in [0.05, 0.1) is 0 Å². The summed E-state index contributed by atoms with van der Waals surface area (Å²) in [6, 6.07) is 43.3. The first-order chi connectivity index (χ1) is 16.8. The average molecular weight is 471 g/mol. The van der Waals surface area contributed by atoms with Crippen LogP contribution in [0.2, 0.25) is 0 Å². The van der Waals surface area contributed by atoms with Crippen LogP contribution in [0.3, 0.4) is 0 Å². The second-order valence-corrected chi connectivity index (χ2v) is 10.4. The van der Waals surface area contributed by atoms with Gasteiger partial charge in [0, 0.05) is 46.2 Å². The standard InChI is InChI=1S/C32H22S2/c1-3-11-23(12-4-1)31-21-25(27-15-7-9-17-29(27)33-31)19-20-26-22-32(24-13-5-2-6-14-24)34-30-18-10-8-16-28(26)30/h1-22H/q+2/b20-19+. The first-order valence-electron chi connectivity index (χ1n) is 11.4. The van der Waals surface area contributed by atoms with E-state index in [0.717, 1.165) is 0 Å². The van der Waals surface area contributed by atoms with Crippen LogP contribution in [0.1, 0.15) is 11.1 Å². The average Bonchev–Trinajstić information content (AvgIpc) is 2.92. The van der Waals surface area contributed by atoms with Crippen LogP contribution in [-0.2, 0) is 0 Å². The second kappa shape index (κ2) is 9.26. The van der Waals surface area contributed by atoms with Crippen molar-refractivity contribution in [3.05, 3.63) is 132 Å². The van der Waals surface area contributed by atoms with E-state index < -0.39 is 0 Å². The van der Waals surface area contributed by atoms with E-state index in [1.54, 1.807) is 0 Å². The minimum Gasteiger partial charge on any atom is -0.0622 e. The predicted octanol–water partition coefficient (Wildman–Crippen LogP) is 10.2. The fourth-order valence-corrected chi connectivity index (χ4v) is 6.51. The van der Waals surface area contributed by atoms with Crippen LogP contribution in [0.25, 0.3) is 53.2 Å². The molecular formula is C32H22S2+2.